The fraction of sp³-hybridized carbons (Fsp3) is 0.379. The van der Waals surface area contributed by atoms with Crippen LogP contribution >= 0.6 is 11.6 Å². The third-order valence-corrected chi connectivity index (χ3v) is 7.32. The van der Waals surface area contributed by atoms with Gasteiger partial charge in [-0.25, -0.2) is 0 Å². The molecule has 0 saturated carbocycles. The number of aryl methyl sites for hydroxylation is 2. The van der Waals surface area contributed by atoms with Crippen molar-refractivity contribution in [3.63, 3.8) is 0 Å². The molecule has 35 heavy (non-hydrogen) atoms. The van der Waals surface area contributed by atoms with Crippen LogP contribution in [0, 0.1) is 19.3 Å². The van der Waals surface area contributed by atoms with Crippen molar-refractivity contribution in [2.75, 3.05) is 17.3 Å². The number of nitrogens with one attached hydrogen (secondary N) is 2. The monoisotopic (exact) mass is 489 g/mol. The van der Waals surface area contributed by atoms with E-state index < -0.39 is 0 Å². The molecule has 2 aromatic carbocycles. The number of ketones is 1. The molecule has 4 aromatic rings. The number of nitrogens with zero attached hydrogens (tertiary/aromatic N) is 1. The average Bonchev–Trinajstić information content (AvgIpc) is 3.46. The molecule has 1 amide bonds. The SMILES string of the molecule is Cc1cc2c(c3c(C)c[nH]c13)C(CCl)CN2C(=O)c1cc2cc(CC(=O)CC(C)(C)C)ccc2[nH]1. The van der Waals surface area contributed by atoms with Crippen LogP contribution in [0.25, 0.3) is 21.8 Å². The number of fused-ring (bicyclic) bond motifs is 4. The molecule has 2 N–H and O–H groups in total. The zero-order valence-electron chi connectivity index (χ0n) is 21.0. The van der Waals surface area contributed by atoms with E-state index in [1.807, 2.05) is 35.4 Å². The number of H-pyrrole nitrogens is 2. The smallest absolute Gasteiger partial charge is 0.274 e. The van der Waals surface area contributed by atoms with Crippen LogP contribution in [0.1, 0.15) is 65.9 Å². The Morgan fingerprint density at radius 2 is 1.89 bits per heavy atom. The summed E-state index contributed by atoms with van der Waals surface area (Å²) in [4.78, 5) is 34.7. The molecule has 0 spiro atoms. The number of hydrogen-bond acceptors (Lipinski definition) is 2. The fourth-order valence-corrected chi connectivity index (χ4v) is 5.71. The maximum Gasteiger partial charge on any atom is 0.274 e. The Morgan fingerprint density at radius 1 is 1.11 bits per heavy atom. The van der Waals surface area contributed by atoms with Gasteiger partial charge in [-0.05, 0) is 65.8 Å². The first-order valence-electron chi connectivity index (χ1n) is 12.2. The summed E-state index contributed by atoms with van der Waals surface area (Å²) in [5.74, 6) is 0.703. The van der Waals surface area contributed by atoms with Crippen molar-refractivity contribution in [1.82, 2.24) is 9.97 Å². The maximum atomic E-state index is 13.7. The Kier molecular flexibility index (Phi) is 5.79. The number of alkyl halides is 1. The van der Waals surface area contributed by atoms with Gasteiger partial charge in [0.2, 0.25) is 0 Å². The zero-order valence-corrected chi connectivity index (χ0v) is 21.8. The molecule has 3 heterocycles. The Hall–Kier alpha value is -3.05. The van der Waals surface area contributed by atoms with Crippen molar-refractivity contribution in [2.45, 2.75) is 53.4 Å². The number of aromatic nitrogens is 2. The molecule has 1 atom stereocenters. The van der Waals surface area contributed by atoms with Crippen LogP contribution in [0.15, 0.2) is 36.5 Å². The molecule has 182 valence electrons. The molecule has 0 bridgehead atoms. The van der Waals surface area contributed by atoms with Gasteiger partial charge in [0.05, 0.1) is 0 Å². The highest BCUT2D eigenvalue weighted by Crippen LogP contribution is 2.44. The number of hydrogen-bond donors (Lipinski definition) is 2. The summed E-state index contributed by atoms with van der Waals surface area (Å²) < 4.78 is 0. The van der Waals surface area contributed by atoms with Crippen LogP contribution in [0.4, 0.5) is 5.69 Å². The highest BCUT2D eigenvalue weighted by atomic mass is 35.5. The van der Waals surface area contributed by atoms with Gasteiger partial charge >= 0.3 is 0 Å². The number of carbonyl (C=O) groups is 2. The number of amides is 1. The molecule has 2 aromatic heterocycles. The Morgan fingerprint density at radius 3 is 2.60 bits per heavy atom. The first kappa shape index (κ1) is 23.7. The molecule has 0 saturated heterocycles. The lowest BCUT2D eigenvalue weighted by atomic mass is 9.88. The van der Waals surface area contributed by atoms with Gasteiger partial charge in [-0.15, -0.1) is 11.6 Å². The third kappa shape index (κ3) is 4.27. The minimum absolute atomic E-state index is 0.0232. The number of halogens is 1. The fourth-order valence-electron chi connectivity index (χ4n) is 5.46. The lowest BCUT2D eigenvalue weighted by Crippen LogP contribution is -2.30. The number of anilines is 1. The van der Waals surface area contributed by atoms with Gasteiger partial charge < -0.3 is 14.9 Å². The van der Waals surface area contributed by atoms with Gasteiger partial charge in [0.25, 0.3) is 5.91 Å². The molecule has 1 aliphatic rings. The number of benzene rings is 2. The van der Waals surface area contributed by atoms with Crippen LogP contribution in [0.2, 0.25) is 0 Å². The zero-order chi connectivity index (χ0) is 25.1. The minimum atomic E-state index is -0.0626. The van der Waals surface area contributed by atoms with Gasteiger partial charge in [0.15, 0.2) is 0 Å². The second-order valence-electron chi connectivity index (χ2n) is 11.2. The summed E-state index contributed by atoms with van der Waals surface area (Å²) in [5, 5.41) is 2.12. The van der Waals surface area contributed by atoms with E-state index >= 15 is 0 Å². The summed E-state index contributed by atoms with van der Waals surface area (Å²) in [6, 6.07) is 9.94. The van der Waals surface area contributed by atoms with Crippen molar-refractivity contribution in [2.24, 2.45) is 5.41 Å². The number of carbonyl (C=O) groups excluding carboxylic acids is 2. The van der Waals surface area contributed by atoms with Crippen molar-refractivity contribution in [3.8, 4) is 0 Å². The highest BCUT2D eigenvalue weighted by molar-refractivity contribution is 6.19. The first-order chi connectivity index (χ1) is 16.6. The van der Waals surface area contributed by atoms with Crippen LogP contribution < -0.4 is 4.90 Å². The number of aromatic amines is 2. The van der Waals surface area contributed by atoms with Crippen LogP contribution in [0.3, 0.4) is 0 Å². The minimum Gasteiger partial charge on any atom is -0.361 e. The molecular formula is C29H32ClN3O2. The Balaban J connectivity index is 1.47. The lowest BCUT2D eigenvalue weighted by Gasteiger charge is -2.17. The Bertz CT molecular complexity index is 1470. The van der Waals surface area contributed by atoms with E-state index in [1.54, 1.807) is 0 Å². The molecule has 1 unspecified atom stereocenters. The average molecular weight is 490 g/mol. The lowest BCUT2D eigenvalue weighted by molar-refractivity contribution is -0.120. The molecule has 5 nitrogen and oxygen atoms in total. The van der Waals surface area contributed by atoms with E-state index in [-0.39, 0.29) is 23.0 Å². The van der Waals surface area contributed by atoms with E-state index in [2.05, 4.69) is 50.7 Å². The molecule has 0 fully saturated rings. The van der Waals surface area contributed by atoms with E-state index in [4.69, 9.17) is 11.6 Å². The molecule has 5 rings (SSSR count). The molecule has 1 aliphatic heterocycles. The quantitative estimate of drug-likeness (QED) is 0.303. The largest absolute Gasteiger partial charge is 0.361 e. The number of rotatable bonds is 5. The van der Waals surface area contributed by atoms with Crippen LogP contribution in [-0.4, -0.2) is 34.1 Å². The number of Topliss-reactive ketones (excluding diaryl/α,β-unsaturated/α-hetero) is 1. The Labute approximate surface area is 210 Å². The molecular weight excluding hydrogens is 458 g/mol. The van der Waals surface area contributed by atoms with Crippen molar-refractivity contribution in [1.29, 1.82) is 0 Å². The van der Waals surface area contributed by atoms with Gasteiger partial charge in [0, 0.05) is 64.9 Å². The predicted molar refractivity (Wildman–Crippen MR) is 144 cm³/mol. The van der Waals surface area contributed by atoms with Gasteiger partial charge in [0.1, 0.15) is 11.5 Å². The summed E-state index contributed by atoms with van der Waals surface area (Å²) in [7, 11) is 0. The topological polar surface area (TPSA) is 69.0 Å². The van der Waals surface area contributed by atoms with Gasteiger partial charge in [-0.1, -0.05) is 26.8 Å². The van der Waals surface area contributed by atoms with Crippen LogP contribution in [0.5, 0.6) is 0 Å². The molecule has 6 heteroatoms. The van der Waals surface area contributed by atoms with Gasteiger partial charge in [-0.2, -0.15) is 0 Å². The van der Waals surface area contributed by atoms with Gasteiger partial charge in [-0.3, -0.25) is 9.59 Å². The summed E-state index contributed by atoms with van der Waals surface area (Å²) in [6.07, 6.45) is 2.98. The van der Waals surface area contributed by atoms with E-state index in [0.29, 0.717) is 31.0 Å². The van der Waals surface area contributed by atoms with Crippen molar-refractivity contribution in [3.05, 3.63) is 64.5 Å². The van der Waals surface area contributed by atoms with E-state index in [9.17, 15) is 9.59 Å². The van der Waals surface area contributed by atoms with E-state index in [0.717, 1.165) is 38.8 Å². The normalized spacial score (nSPS) is 15.8. The molecule has 0 radical (unpaired) electrons. The van der Waals surface area contributed by atoms with Crippen molar-refractivity contribution >= 4 is 50.8 Å². The summed E-state index contributed by atoms with van der Waals surface area (Å²) >= 11 is 6.39. The van der Waals surface area contributed by atoms with Crippen LogP contribution in [-0.2, 0) is 11.2 Å². The maximum absolute atomic E-state index is 13.7. The standard InChI is InChI=1S/C29H32ClN3O2/c1-16-8-24-26(25-17(2)14-31-27(16)25)20(13-30)15-33(24)28(35)23-11-19-9-18(6-7-22(19)32-23)10-21(34)12-29(3,4)5/h6-9,11,14,20,31-32H,10,12-13,15H2,1-5H3. The summed E-state index contributed by atoms with van der Waals surface area (Å²) in [6.45, 7) is 11.0. The third-order valence-electron chi connectivity index (χ3n) is 6.95. The second-order valence-corrected chi connectivity index (χ2v) is 11.5. The van der Waals surface area contributed by atoms with Crippen molar-refractivity contribution < 1.29 is 9.59 Å². The highest BCUT2D eigenvalue weighted by Gasteiger charge is 2.35. The summed E-state index contributed by atoms with van der Waals surface area (Å²) in [5.41, 5.74) is 7.88. The predicted octanol–water partition coefficient (Wildman–Crippen LogP) is 6.80. The second kappa shape index (κ2) is 8.56. The molecule has 0 aliphatic carbocycles. The van der Waals surface area contributed by atoms with E-state index in [1.165, 1.54) is 10.9 Å². The first-order valence-corrected chi connectivity index (χ1v) is 12.7.